The molecule has 0 amide bonds. The molecule has 0 bridgehead atoms. The molecule has 5 heteroatoms. The summed E-state index contributed by atoms with van der Waals surface area (Å²) in [6, 6.07) is 17.7. The minimum Gasteiger partial charge on any atom is -0.355 e. The molecule has 2 aromatic carbocycles. The van der Waals surface area contributed by atoms with Gasteiger partial charge in [0.2, 0.25) is 5.78 Å². The van der Waals surface area contributed by atoms with Crippen LogP contribution in [-0.2, 0) is 0 Å². The predicted molar refractivity (Wildman–Crippen MR) is 111 cm³/mol. The van der Waals surface area contributed by atoms with Crippen LogP contribution in [0.15, 0.2) is 54.6 Å². The van der Waals surface area contributed by atoms with Crippen LogP contribution in [0.3, 0.4) is 0 Å². The lowest BCUT2D eigenvalue weighted by Gasteiger charge is -2.16. The van der Waals surface area contributed by atoms with E-state index in [4.69, 9.17) is 11.6 Å². The molecule has 4 nitrogen and oxygen atoms in total. The lowest BCUT2D eigenvalue weighted by molar-refractivity contribution is -0.675. The summed E-state index contributed by atoms with van der Waals surface area (Å²) in [5.41, 5.74) is 4.79. The molecule has 0 aliphatic heterocycles. The van der Waals surface area contributed by atoms with Crippen molar-refractivity contribution in [2.45, 2.75) is 26.8 Å². The van der Waals surface area contributed by atoms with Crippen molar-refractivity contribution in [3.63, 3.8) is 0 Å². The van der Waals surface area contributed by atoms with Crippen LogP contribution in [0.1, 0.15) is 56.2 Å². The molecule has 0 unspecified atom stereocenters. The SMILES string of the molecule is CC(=O)c1c(C)[nH]c(C(=O)C[NH2+][C@H](c2ccccc2)c2ccc(Cl)cc2)c1C. The molecule has 1 heterocycles. The molecule has 0 spiro atoms. The lowest BCUT2D eigenvalue weighted by Crippen LogP contribution is -2.87. The fraction of sp³-hybridized carbons (Fsp3) is 0.217. The van der Waals surface area contributed by atoms with Gasteiger partial charge in [-0.3, -0.25) is 9.59 Å². The van der Waals surface area contributed by atoms with Crippen LogP contribution < -0.4 is 5.32 Å². The zero-order chi connectivity index (χ0) is 20.3. The molecular weight excluding hydrogens is 372 g/mol. The van der Waals surface area contributed by atoms with Gasteiger partial charge >= 0.3 is 0 Å². The van der Waals surface area contributed by atoms with Crippen LogP contribution in [0.5, 0.6) is 0 Å². The van der Waals surface area contributed by atoms with Crippen molar-refractivity contribution in [3.05, 3.63) is 93.3 Å². The maximum Gasteiger partial charge on any atom is 0.233 e. The molecule has 28 heavy (non-hydrogen) atoms. The number of H-pyrrole nitrogens is 1. The Balaban J connectivity index is 1.84. The van der Waals surface area contributed by atoms with Crippen LogP contribution >= 0.6 is 11.6 Å². The third kappa shape index (κ3) is 4.24. The van der Waals surface area contributed by atoms with E-state index in [1.165, 1.54) is 6.92 Å². The Morgan fingerprint density at radius 2 is 1.61 bits per heavy atom. The molecule has 3 N–H and O–H groups in total. The van der Waals surface area contributed by atoms with Crippen LogP contribution in [-0.4, -0.2) is 23.1 Å². The molecule has 0 fully saturated rings. The number of aryl methyl sites for hydroxylation is 1. The quantitative estimate of drug-likeness (QED) is 0.593. The number of nitrogens with two attached hydrogens (primary N) is 1. The highest BCUT2D eigenvalue weighted by Crippen LogP contribution is 2.21. The molecular formula is C23H24ClN2O2+. The number of carbonyl (C=O) groups excluding carboxylic acids is 2. The molecule has 0 aliphatic rings. The minimum absolute atomic E-state index is 0.0222. The van der Waals surface area contributed by atoms with Crippen molar-refractivity contribution in [3.8, 4) is 0 Å². The Labute approximate surface area is 169 Å². The molecule has 0 radical (unpaired) electrons. The zero-order valence-corrected chi connectivity index (χ0v) is 17.0. The van der Waals surface area contributed by atoms with E-state index in [2.05, 4.69) is 17.1 Å². The largest absolute Gasteiger partial charge is 0.355 e. The number of benzene rings is 2. The van der Waals surface area contributed by atoms with Gasteiger partial charge in [-0.2, -0.15) is 0 Å². The monoisotopic (exact) mass is 395 g/mol. The van der Waals surface area contributed by atoms with Gasteiger partial charge in [0.15, 0.2) is 5.78 Å². The third-order valence-corrected chi connectivity index (χ3v) is 5.25. The van der Waals surface area contributed by atoms with Crippen molar-refractivity contribution in [2.75, 3.05) is 6.54 Å². The normalized spacial score (nSPS) is 12.0. The first-order chi connectivity index (χ1) is 13.4. The van der Waals surface area contributed by atoms with E-state index >= 15 is 0 Å². The number of hydrogen-bond donors (Lipinski definition) is 2. The van der Waals surface area contributed by atoms with E-state index < -0.39 is 0 Å². The summed E-state index contributed by atoms with van der Waals surface area (Å²) in [5, 5.41) is 2.70. The van der Waals surface area contributed by atoms with Gasteiger partial charge in [0.1, 0.15) is 12.6 Å². The second-order valence-corrected chi connectivity index (χ2v) is 7.42. The Morgan fingerprint density at radius 1 is 1.00 bits per heavy atom. The molecule has 0 saturated carbocycles. The summed E-state index contributed by atoms with van der Waals surface area (Å²) in [6.45, 7) is 5.43. The fourth-order valence-electron chi connectivity index (χ4n) is 3.68. The first kappa shape index (κ1) is 20.1. The average Bonchev–Trinajstić information content (AvgIpc) is 2.98. The molecule has 3 rings (SSSR count). The second kappa shape index (κ2) is 8.55. The molecule has 144 valence electrons. The number of quaternary nitrogens is 1. The number of Topliss-reactive ketones (excluding diaryl/α,β-unsaturated/α-hetero) is 2. The van der Waals surface area contributed by atoms with Gasteiger partial charge in [0.25, 0.3) is 0 Å². The van der Waals surface area contributed by atoms with Crippen molar-refractivity contribution in [2.24, 2.45) is 0 Å². The number of halogens is 1. The Bertz CT molecular complexity index is 991. The summed E-state index contributed by atoms with van der Waals surface area (Å²) in [6.07, 6.45) is 0. The molecule has 0 saturated heterocycles. The second-order valence-electron chi connectivity index (χ2n) is 6.98. The van der Waals surface area contributed by atoms with Crippen molar-refractivity contribution < 1.29 is 14.9 Å². The van der Waals surface area contributed by atoms with Crippen LogP contribution in [0.2, 0.25) is 5.02 Å². The van der Waals surface area contributed by atoms with Gasteiger partial charge in [0, 0.05) is 27.4 Å². The summed E-state index contributed by atoms with van der Waals surface area (Å²) in [7, 11) is 0. The predicted octanol–water partition coefficient (Wildman–Crippen LogP) is 4.02. The van der Waals surface area contributed by atoms with Gasteiger partial charge in [-0.05, 0) is 38.5 Å². The summed E-state index contributed by atoms with van der Waals surface area (Å²) in [4.78, 5) is 27.8. The standard InChI is InChI=1S/C23H23ClN2O2/c1-14-21(16(3)27)15(2)26-22(14)20(28)13-25-23(17-7-5-4-6-8-17)18-9-11-19(24)12-10-18/h4-12,23,25-26H,13H2,1-3H3/p+1/t23-/m1/s1. The molecule has 3 aromatic rings. The van der Waals surface area contributed by atoms with E-state index in [1.807, 2.05) is 61.6 Å². The number of nitrogens with one attached hydrogen (secondary N) is 1. The number of aromatic amines is 1. The number of hydrogen-bond acceptors (Lipinski definition) is 2. The van der Waals surface area contributed by atoms with E-state index in [9.17, 15) is 9.59 Å². The van der Waals surface area contributed by atoms with Crippen LogP contribution in [0.4, 0.5) is 0 Å². The number of carbonyl (C=O) groups is 2. The highest BCUT2D eigenvalue weighted by molar-refractivity contribution is 6.30. The Kier molecular flexibility index (Phi) is 6.12. The first-order valence-electron chi connectivity index (χ1n) is 9.25. The lowest BCUT2D eigenvalue weighted by atomic mass is 9.98. The average molecular weight is 396 g/mol. The van der Waals surface area contributed by atoms with Gasteiger partial charge in [0.05, 0.1) is 5.69 Å². The maximum atomic E-state index is 12.9. The van der Waals surface area contributed by atoms with E-state index in [0.717, 1.165) is 22.4 Å². The first-order valence-corrected chi connectivity index (χ1v) is 9.63. The topological polar surface area (TPSA) is 66.5 Å². The minimum atomic E-state index is -0.0300. The summed E-state index contributed by atoms with van der Waals surface area (Å²) >= 11 is 6.03. The summed E-state index contributed by atoms with van der Waals surface area (Å²) < 4.78 is 0. The van der Waals surface area contributed by atoms with Gasteiger partial charge in [-0.15, -0.1) is 0 Å². The fourth-order valence-corrected chi connectivity index (χ4v) is 3.80. The van der Waals surface area contributed by atoms with Crippen molar-refractivity contribution >= 4 is 23.2 Å². The van der Waals surface area contributed by atoms with Crippen LogP contribution in [0, 0.1) is 13.8 Å². The van der Waals surface area contributed by atoms with E-state index in [0.29, 0.717) is 16.3 Å². The number of rotatable bonds is 7. The van der Waals surface area contributed by atoms with E-state index in [-0.39, 0.29) is 24.2 Å². The molecule has 1 atom stereocenters. The maximum absolute atomic E-state index is 12.9. The van der Waals surface area contributed by atoms with E-state index in [1.54, 1.807) is 0 Å². The van der Waals surface area contributed by atoms with Crippen molar-refractivity contribution in [1.82, 2.24) is 4.98 Å². The Hall–Kier alpha value is -2.69. The highest BCUT2D eigenvalue weighted by atomic mass is 35.5. The highest BCUT2D eigenvalue weighted by Gasteiger charge is 2.23. The van der Waals surface area contributed by atoms with Crippen molar-refractivity contribution in [1.29, 1.82) is 0 Å². The number of aromatic nitrogens is 1. The summed E-state index contributed by atoms with van der Waals surface area (Å²) in [5.74, 6) is -0.0550. The number of ketones is 2. The van der Waals surface area contributed by atoms with Gasteiger partial charge in [-0.1, -0.05) is 54.1 Å². The zero-order valence-electron chi connectivity index (χ0n) is 16.3. The molecule has 1 aromatic heterocycles. The smallest absolute Gasteiger partial charge is 0.233 e. The van der Waals surface area contributed by atoms with Gasteiger partial charge in [-0.25, -0.2) is 0 Å². The third-order valence-electron chi connectivity index (χ3n) is 5.00. The molecule has 0 aliphatic carbocycles. The van der Waals surface area contributed by atoms with Crippen LogP contribution in [0.25, 0.3) is 0 Å². The Morgan fingerprint density at radius 3 is 2.18 bits per heavy atom. The van der Waals surface area contributed by atoms with Gasteiger partial charge < -0.3 is 10.3 Å².